The maximum absolute atomic E-state index is 5.61. The lowest BCUT2D eigenvalue weighted by Gasteiger charge is -1.88. The first kappa shape index (κ1) is 18.0. The second-order valence-electron chi connectivity index (χ2n) is 5.10. The molecule has 0 amide bonds. The van der Waals surface area contributed by atoms with Crippen LogP contribution in [0.5, 0.6) is 0 Å². The van der Waals surface area contributed by atoms with Crippen LogP contribution >= 0.6 is 11.6 Å². The van der Waals surface area contributed by atoms with Gasteiger partial charge in [0.05, 0.1) is 0 Å². The molecule has 3 aromatic carbocycles. The van der Waals surface area contributed by atoms with Gasteiger partial charge >= 0.3 is 0 Å². The van der Waals surface area contributed by atoms with Crippen LogP contribution in [0.15, 0.2) is 84.9 Å². The van der Waals surface area contributed by atoms with Gasteiger partial charge in [-0.15, -0.1) is 0 Å². The van der Waals surface area contributed by atoms with Gasteiger partial charge in [0.1, 0.15) is 0 Å². The second-order valence-corrected chi connectivity index (χ2v) is 5.54. The van der Waals surface area contributed by atoms with E-state index in [1.807, 2.05) is 67.6 Å². The second kappa shape index (κ2) is 10.6. The quantitative estimate of drug-likeness (QED) is 0.436. The predicted molar refractivity (Wildman–Crippen MR) is 98.5 cm³/mol. The Hall–Kier alpha value is -2.05. The Balaban J connectivity index is 0.000000166. The van der Waals surface area contributed by atoms with E-state index < -0.39 is 0 Å². The Bertz CT molecular complexity index is 555. The highest BCUT2D eigenvalue weighted by Crippen LogP contribution is 2.07. The first-order valence-electron chi connectivity index (χ1n) is 7.33. The van der Waals surface area contributed by atoms with Gasteiger partial charge in [0, 0.05) is 5.02 Å². The molecule has 0 aliphatic heterocycles. The molecule has 0 saturated heterocycles. The number of benzene rings is 3. The minimum Gasteiger partial charge on any atom is -0.0843 e. The summed E-state index contributed by atoms with van der Waals surface area (Å²) in [5, 5.41) is 0.801. The van der Waals surface area contributed by atoms with Crippen LogP contribution in [0.1, 0.15) is 16.7 Å². The first-order chi connectivity index (χ1) is 10.6. The molecule has 0 unspecified atom stereocenters. The molecule has 0 spiro atoms. The minimum absolute atomic E-state index is 0.801. The Kier molecular flexibility index (Phi) is 8.71. The van der Waals surface area contributed by atoms with E-state index in [0.717, 1.165) is 5.02 Å². The molecule has 0 aliphatic rings. The van der Waals surface area contributed by atoms with Crippen LogP contribution in [0.25, 0.3) is 0 Å². The molecular formula is C21H23Cl. The molecule has 0 heterocycles. The zero-order valence-corrected chi connectivity index (χ0v) is 14.2. The van der Waals surface area contributed by atoms with Crippen molar-refractivity contribution in [3.63, 3.8) is 0 Å². The fourth-order valence-electron chi connectivity index (χ4n) is 1.60. The predicted octanol–water partition coefficient (Wildman–Crippen LogP) is 6.64. The zero-order chi connectivity index (χ0) is 16.2. The molecule has 0 N–H and O–H groups in total. The van der Waals surface area contributed by atoms with Crippen molar-refractivity contribution in [2.45, 2.75) is 20.8 Å². The Morgan fingerprint density at radius 3 is 1.00 bits per heavy atom. The van der Waals surface area contributed by atoms with E-state index >= 15 is 0 Å². The Labute approximate surface area is 139 Å². The molecule has 0 radical (unpaired) electrons. The van der Waals surface area contributed by atoms with Crippen molar-refractivity contribution in [1.29, 1.82) is 0 Å². The number of hydrogen-bond acceptors (Lipinski definition) is 0. The molecule has 22 heavy (non-hydrogen) atoms. The summed E-state index contributed by atoms with van der Waals surface area (Å²) in [7, 11) is 0. The van der Waals surface area contributed by atoms with Gasteiger partial charge in [-0.1, -0.05) is 101 Å². The van der Waals surface area contributed by atoms with E-state index in [1.165, 1.54) is 16.7 Å². The molecule has 3 aromatic rings. The summed E-state index contributed by atoms with van der Waals surface area (Å²) in [6.45, 7) is 6.20. The van der Waals surface area contributed by atoms with Crippen LogP contribution in [0, 0.1) is 20.8 Å². The largest absolute Gasteiger partial charge is 0.0843 e. The molecule has 3 rings (SSSR count). The minimum atomic E-state index is 0.801. The van der Waals surface area contributed by atoms with Gasteiger partial charge < -0.3 is 0 Å². The summed E-state index contributed by atoms with van der Waals surface area (Å²) in [5.41, 5.74) is 3.89. The smallest absolute Gasteiger partial charge is 0.0406 e. The summed E-state index contributed by atoms with van der Waals surface area (Å²) in [6.07, 6.45) is 0. The number of hydrogen-bond donors (Lipinski definition) is 0. The van der Waals surface area contributed by atoms with Gasteiger partial charge in [-0.05, 0) is 32.9 Å². The highest BCUT2D eigenvalue weighted by atomic mass is 35.5. The van der Waals surface area contributed by atoms with Crippen LogP contribution < -0.4 is 0 Å². The van der Waals surface area contributed by atoms with Crippen LogP contribution in [-0.4, -0.2) is 0 Å². The topological polar surface area (TPSA) is 0 Å². The van der Waals surface area contributed by atoms with E-state index in [2.05, 4.69) is 38.1 Å². The highest BCUT2D eigenvalue weighted by molar-refractivity contribution is 6.30. The molecule has 0 aliphatic carbocycles. The normalized spacial score (nSPS) is 8.91. The fraction of sp³-hybridized carbons (Fsp3) is 0.143. The summed E-state index contributed by atoms with van der Waals surface area (Å²) >= 11 is 5.61. The van der Waals surface area contributed by atoms with Crippen molar-refractivity contribution in [1.82, 2.24) is 0 Å². The van der Waals surface area contributed by atoms with Gasteiger partial charge in [0.15, 0.2) is 0 Å². The van der Waals surface area contributed by atoms with Crippen molar-refractivity contribution < 1.29 is 0 Å². The third kappa shape index (κ3) is 8.99. The van der Waals surface area contributed by atoms with Crippen LogP contribution in [-0.2, 0) is 0 Å². The molecule has 0 saturated carbocycles. The maximum Gasteiger partial charge on any atom is 0.0406 e. The van der Waals surface area contributed by atoms with E-state index in [9.17, 15) is 0 Å². The van der Waals surface area contributed by atoms with Crippen molar-refractivity contribution >= 4 is 11.6 Å². The van der Waals surface area contributed by atoms with Crippen LogP contribution in [0.4, 0.5) is 0 Å². The lowest BCUT2D eigenvalue weighted by molar-refractivity contribution is 1.48. The average Bonchev–Trinajstić information content (AvgIpc) is 2.53. The molecule has 0 fully saturated rings. The van der Waals surface area contributed by atoms with Gasteiger partial charge in [-0.3, -0.25) is 0 Å². The fourth-order valence-corrected chi connectivity index (χ4v) is 1.73. The Morgan fingerprint density at radius 1 is 0.455 bits per heavy atom. The van der Waals surface area contributed by atoms with Crippen LogP contribution in [0.3, 0.4) is 0 Å². The van der Waals surface area contributed by atoms with Crippen molar-refractivity contribution in [2.24, 2.45) is 0 Å². The SMILES string of the molecule is Cc1ccc(Cl)cc1.Cc1ccccc1.Cc1ccccc1. The van der Waals surface area contributed by atoms with Crippen molar-refractivity contribution in [2.75, 3.05) is 0 Å². The number of rotatable bonds is 0. The van der Waals surface area contributed by atoms with Gasteiger partial charge in [0.2, 0.25) is 0 Å². The van der Waals surface area contributed by atoms with Crippen LogP contribution in [0.2, 0.25) is 5.02 Å². The lowest BCUT2D eigenvalue weighted by atomic mass is 10.2. The van der Waals surface area contributed by atoms with E-state index in [-0.39, 0.29) is 0 Å². The number of halogens is 1. The lowest BCUT2D eigenvalue weighted by Crippen LogP contribution is -1.66. The third-order valence-corrected chi connectivity index (χ3v) is 3.14. The summed E-state index contributed by atoms with van der Waals surface area (Å²) in [5.74, 6) is 0. The molecule has 1 heteroatoms. The summed E-state index contributed by atoms with van der Waals surface area (Å²) in [4.78, 5) is 0. The first-order valence-corrected chi connectivity index (χ1v) is 7.71. The molecular weight excluding hydrogens is 288 g/mol. The average molecular weight is 311 g/mol. The van der Waals surface area contributed by atoms with Crippen molar-refractivity contribution in [3.05, 3.63) is 107 Å². The standard InChI is InChI=1S/C7H7Cl.2C7H8/c1-6-2-4-7(8)5-3-6;2*1-7-5-3-2-4-6-7/h2-5H,1H3;2*2-6H,1H3. The molecule has 0 atom stereocenters. The Morgan fingerprint density at radius 2 is 0.773 bits per heavy atom. The summed E-state index contributed by atoms with van der Waals surface area (Å²) < 4.78 is 0. The third-order valence-electron chi connectivity index (χ3n) is 2.89. The molecule has 0 aromatic heterocycles. The zero-order valence-electron chi connectivity index (χ0n) is 13.5. The monoisotopic (exact) mass is 310 g/mol. The van der Waals surface area contributed by atoms with Crippen molar-refractivity contribution in [3.8, 4) is 0 Å². The number of aryl methyl sites for hydroxylation is 3. The van der Waals surface area contributed by atoms with Gasteiger partial charge in [0.25, 0.3) is 0 Å². The molecule has 114 valence electrons. The molecule has 0 bridgehead atoms. The van der Waals surface area contributed by atoms with Gasteiger partial charge in [-0.2, -0.15) is 0 Å². The van der Waals surface area contributed by atoms with E-state index in [1.54, 1.807) is 0 Å². The maximum atomic E-state index is 5.61. The van der Waals surface area contributed by atoms with Gasteiger partial charge in [-0.25, -0.2) is 0 Å². The highest BCUT2D eigenvalue weighted by Gasteiger charge is 1.81. The van der Waals surface area contributed by atoms with E-state index in [4.69, 9.17) is 11.6 Å². The van der Waals surface area contributed by atoms with E-state index in [0.29, 0.717) is 0 Å². The molecule has 0 nitrogen and oxygen atoms in total. The summed E-state index contributed by atoms with van der Waals surface area (Å²) in [6, 6.07) is 28.3.